The van der Waals surface area contributed by atoms with Gasteiger partial charge in [-0.1, -0.05) is 0 Å². The van der Waals surface area contributed by atoms with Gasteiger partial charge in [0.2, 0.25) is 0 Å². The number of aliphatic hydroxyl groups is 4. The van der Waals surface area contributed by atoms with Crippen LogP contribution in [0.3, 0.4) is 0 Å². The molecule has 1 saturated carbocycles. The predicted octanol–water partition coefficient (Wildman–Crippen LogP) is -2.44. The highest BCUT2D eigenvalue weighted by Gasteiger charge is 2.42. The molecule has 0 amide bonds. The van der Waals surface area contributed by atoms with Gasteiger partial charge < -0.3 is 30.2 Å². The van der Waals surface area contributed by atoms with Gasteiger partial charge in [0.15, 0.2) is 0 Å². The zero-order valence-electron chi connectivity index (χ0n) is 8.25. The molecule has 5 atom stereocenters. The van der Waals surface area contributed by atoms with E-state index in [0.717, 1.165) is 0 Å². The molecule has 9 heteroatoms. The summed E-state index contributed by atoms with van der Waals surface area (Å²) in [5, 5.41) is 37.3. The van der Waals surface area contributed by atoms with E-state index < -0.39 is 44.8 Å². The van der Waals surface area contributed by atoms with Gasteiger partial charge in [0, 0.05) is 5.92 Å². The predicted molar refractivity (Wildman–Crippen MR) is 50.1 cm³/mol. The Morgan fingerprint density at radius 1 is 1.06 bits per heavy atom. The molecule has 0 spiro atoms. The number of hydrogen-bond donors (Lipinski definition) is 6. The average molecular weight is 258 g/mol. The Hall–Kier alpha value is -0.0500. The van der Waals surface area contributed by atoms with Crippen molar-refractivity contribution in [3.63, 3.8) is 0 Å². The summed E-state index contributed by atoms with van der Waals surface area (Å²) in [6.45, 7) is -0.508. The van der Waals surface area contributed by atoms with Crippen molar-refractivity contribution in [3.05, 3.63) is 0 Å². The fourth-order valence-corrected chi connectivity index (χ4v) is 2.04. The Morgan fingerprint density at radius 2 is 1.62 bits per heavy atom. The van der Waals surface area contributed by atoms with Gasteiger partial charge in [0.1, 0.15) is 12.2 Å². The molecule has 0 radical (unpaired) electrons. The zero-order chi connectivity index (χ0) is 12.5. The van der Waals surface area contributed by atoms with E-state index in [2.05, 4.69) is 4.52 Å². The Balaban J connectivity index is 2.57. The lowest BCUT2D eigenvalue weighted by atomic mass is 9.81. The first-order valence-electron chi connectivity index (χ1n) is 4.64. The maximum absolute atomic E-state index is 10.4. The summed E-state index contributed by atoms with van der Waals surface area (Å²) >= 11 is 0. The minimum Gasteiger partial charge on any atom is -0.390 e. The fraction of sp³-hybridized carbons (Fsp3) is 1.00. The highest BCUT2D eigenvalue weighted by molar-refractivity contribution is 7.46. The molecule has 0 bridgehead atoms. The Kier molecular flexibility index (Phi) is 4.44. The first kappa shape index (κ1) is 14.0. The molecule has 0 aromatic heterocycles. The minimum atomic E-state index is -4.65. The zero-order valence-corrected chi connectivity index (χ0v) is 9.14. The molecule has 1 unspecified atom stereocenters. The van der Waals surface area contributed by atoms with Crippen LogP contribution in [0.15, 0.2) is 0 Å². The molecule has 1 aliphatic carbocycles. The van der Waals surface area contributed by atoms with E-state index in [1.165, 1.54) is 0 Å². The molecule has 1 aliphatic rings. The van der Waals surface area contributed by atoms with E-state index in [4.69, 9.17) is 9.79 Å². The summed E-state index contributed by atoms with van der Waals surface area (Å²) in [6, 6.07) is 0. The van der Waals surface area contributed by atoms with Crippen molar-refractivity contribution >= 4 is 7.82 Å². The smallest absolute Gasteiger partial charge is 0.390 e. The first-order valence-corrected chi connectivity index (χ1v) is 6.17. The minimum absolute atomic E-state index is 0.112. The second-order valence-corrected chi connectivity index (χ2v) is 5.06. The van der Waals surface area contributed by atoms with Crippen molar-refractivity contribution in [1.29, 1.82) is 0 Å². The van der Waals surface area contributed by atoms with Crippen molar-refractivity contribution in [2.45, 2.75) is 30.8 Å². The highest BCUT2D eigenvalue weighted by atomic mass is 31.2. The topological polar surface area (TPSA) is 148 Å². The van der Waals surface area contributed by atoms with Crippen LogP contribution in [0.1, 0.15) is 6.42 Å². The summed E-state index contributed by atoms with van der Waals surface area (Å²) in [6.07, 6.45) is -5.80. The molecule has 1 fully saturated rings. The monoisotopic (exact) mass is 258 g/mol. The molecule has 8 nitrogen and oxygen atoms in total. The standard InChI is InChI=1S/C7H15O8P/c8-4-1-3(2-15-16(12,13)14)5(9)7(11)6(4)10/h3-11H,1-2H2,(H2,12,13,14)/t3-,4?,5-,6-,7+/m1/s1. The third kappa shape index (κ3) is 3.47. The van der Waals surface area contributed by atoms with Gasteiger partial charge in [-0.2, -0.15) is 0 Å². The Bertz CT molecular complexity index is 278. The number of hydrogen-bond acceptors (Lipinski definition) is 6. The van der Waals surface area contributed by atoms with E-state index >= 15 is 0 Å². The van der Waals surface area contributed by atoms with Crippen molar-refractivity contribution in [1.82, 2.24) is 0 Å². The van der Waals surface area contributed by atoms with Crippen LogP contribution < -0.4 is 0 Å². The molecule has 96 valence electrons. The van der Waals surface area contributed by atoms with Crippen LogP contribution in [-0.4, -0.2) is 61.2 Å². The SMILES string of the molecule is O=P(O)(O)OC[C@H]1CC(O)[C@@H](O)[C@@H](O)[C@@H]1O. The average Bonchev–Trinajstić information content (AvgIpc) is 2.17. The summed E-state index contributed by atoms with van der Waals surface area (Å²) in [7, 11) is -4.65. The van der Waals surface area contributed by atoms with E-state index in [1.807, 2.05) is 0 Å². The van der Waals surface area contributed by atoms with Gasteiger partial charge in [-0.05, 0) is 6.42 Å². The number of phosphoric acid groups is 1. The normalized spacial score (nSPS) is 41.0. The fourth-order valence-electron chi connectivity index (χ4n) is 1.66. The van der Waals surface area contributed by atoms with Gasteiger partial charge in [0.25, 0.3) is 0 Å². The maximum Gasteiger partial charge on any atom is 0.469 e. The second-order valence-electron chi connectivity index (χ2n) is 3.82. The molecule has 16 heavy (non-hydrogen) atoms. The summed E-state index contributed by atoms with van der Waals surface area (Å²) in [5.41, 5.74) is 0. The van der Waals surface area contributed by atoms with Crippen molar-refractivity contribution in [2.24, 2.45) is 5.92 Å². The van der Waals surface area contributed by atoms with Crippen molar-refractivity contribution < 1.29 is 39.3 Å². The molecule has 0 aromatic carbocycles. The molecule has 0 saturated heterocycles. The van der Waals surface area contributed by atoms with Crippen LogP contribution in [0.5, 0.6) is 0 Å². The van der Waals surface area contributed by atoms with Crippen molar-refractivity contribution in [3.8, 4) is 0 Å². The van der Waals surface area contributed by atoms with Crippen LogP contribution in [0.25, 0.3) is 0 Å². The Labute approximate surface area is 91.4 Å². The quantitative estimate of drug-likeness (QED) is 0.306. The summed E-state index contributed by atoms with van der Waals surface area (Å²) in [4.78, 5) is 16.9. The molecule has 1 rings (SSSR count). The molecule has 0 aromatic rings. The van der Waals surface area contributed by atoms with E-state index in [-0.39, 0.29) is 6.42 Å². The first-order chi connectivity index (χ1) is 7.22. The van der Waals surface area contributed by atoms with Gasteiger partial charge >= 0.3 is 7.82 Å². The largest absolute Gasteiger partial charge is 0.469 e. The van der Waals surface area contributed by atoms with Gasteiger partial charge in [-0.25, -0.2) is 4.57 Å². The van der Waals surface area contributed by atoms with Crippen LogP contribution in [0, 0.1) is 5.92 Å². The lowest BCUT2D eigenvalue weighted by Crippen LogP contribution is -2.54. The molecule has 0 heterocycles. The van der Waals surface area contributed by atoms with Crippen LogP contribution in [0.4, 0.5) is 0 Å². The second kappa shape index (κ2) is 5.07. The highest BCUT2D eigenvalue weighted by Crippen LogP contribution is 2.38. The number of phosphoric ester groups is 1. The summed E-state index contributed by atoms with van der Waals surface area (Å²) < 4.78 is 14.6. The van der Waals surface area contributed by atoms with E-state index in [0.29, 0.717) is 0 Å². The van der Waals surface area contributed by atoms with Crippen LogP contribution in [0.2, 0.25) is 0 Å². The van der Waals surface area contributed by atoms with Gasteiger partial charge in [-0.3, -0.25) is 4.52 Å². The number of aliphatic hydroxyl groups excluding tert-OH is 4. The van der Waals surface area contributed by atoms with Crippen LogP contribution in [-0.2, 0) is 9.09 Å². The molecular weight excluding hydrogens is 243 g/mol. The summed E-state index contributed by atoms with van der Waals surface area (Å²) in [5.74, 6) is -0.846. The van der Waals surface area contributed by atoms with Gasteiger partial charge in [0.05, 0.1) is 18.8 Å². The lowest BCUT2D eigenvalue weighted by molar-refractivity contribution is -0.162. The molecular formula is C7H15O8P. The van der Waals surface area contributed by atoms with E-state index in [1.54, 1.807) is 0 Å². The van der Waals surface area contributed by atoms with E-state index in [9.17, 15) is 25.0 Å². The van der Waals surface area contributed by atoms with Gasteiger partial charge in [-0.15, -0.1) is 0 Å². The Morgan fingerprint density at radius 3 is 2.12 bits per heavy atom. The molecule has 6 N–H and O–H groups in total. The third-order valence-electron chi connectivity index (χ3n) is 2.58. The third-order valence-corrected chi connectivity index (χ3v) is 3.06. The van der Waals surface area contributed by atoms with Crippen LogP contribution >= 0.6 is 7.82 Å². The maximum atomic E-state index is 10.4. The molecule has 0 aliphatic heterocycles. The van der Waals surface area contributed by atoms with Crippen molar-refractivity contribution in [2.75, 3.05) is 6.61 Å². The lowest BCUT2D eigenvalue weighted by Gasteiger charge is -2.38. The number of rotatable bonds is 3.